The Kier molecular flexibility index (Phi) is 7.64. The minimum absolute atomic E-state index is 0.0887. The fourth-order valence-corrected chi connectivity index (χ4v) is 4.27. The summed E-state index contributed by atoms with van der Waals surface area (Å²) in [5.74, 6) is -1.79. The monoisotopic (exact) mass is 456 g/mol. The molecule has 7 nitrogen and oxygen atoms in total. The first kappa shape index (κ1) is 23.5. The molecule has 1 unspecified atom stereocenters. The molecule has 0 aromatic heterocycles. The van der Waals surface area contributed by atoms with Crippen LogP contribution in [-0.4, -0.2) is 48.7 Å². The predicted molar refractivity (Wildman–Crippen MR) is 119 cm³/mol. The number of likely N-dealkylation sites (N-methyl/N-ethyl adjacent to an activating group) is 1. The van der Waals surface area contributed by atoms with Gasteiger partial charge in [0.05, 0.1) is 0 Å². The van der Waals surface area contributed by atoms with Gasteiger partial charge in [-0.05, 0) is 37.5 Å². The third-order valence-corrected chi connectivity index (χ3v) is 6.04. The van der Waals surface area contributed by atoms with Crippen LogP contribution in [0.2, 0.25) is 5.02 Å². The maximum atomic E-state index is 13.1. The third kappa shape index (κ3) is 4.99. The quantitative estimate of drug-likeness (QED) is 0.646. The van der Waals surface area contributed by atoms with Crippen LogP contribution in [-0.2, 0) is 24.7 Å². The van der Waals surface area contributed by atoms with Gasteiger partial charge in [0.1, 0.15) is 12.1 Å². The number of carbonyl (C=O) groups is 4. The molecule has 0 aliphatic heterocycles. The molecule has 2 aromatic carbocycles. The lowest BCUT2D eigenvalue weighted by atomic mass is 9.74. The van der Waals surface area contributed by atoms with Crippen LogP contribution in [0.3, 0.4) is 0 Å². The van der Waals surface area contributed by atoms with Crippen molar-refractivity contribution in [3.05, 3.63) is 70.7 Å². The first-order chi connectivity index (χ1) is 15.4. The molecule has 0 saturated heterocycles. The van der Waals surface area contributed by atoms with Crippen LogP contribution in [0, 0.1) is 0 Å². The van der Waals surface area contributed by atoms with Crippen molar-refractivity contribution in [1.82, 2.24) is 10.2 Å². The second kappa shape index (κ2) is 10.4. The summed E-state index contributed by atoms with van der Waals surface area (Å²) in [5.41, 5.74) is -0.209. The Morgan fingerprint density at radius 2 is 1.75 bits per heavy atom. The minimum atomic E-state index is -1.19. The van der Waals surface area contributed by atoms with E-state index >= 15 is 0 Å². The van der Waals surface area contributed by atoms with Crippen molar-refractivity contribution in [2.24, 2.45) is 0 Å². The number of amides is 2. The summed E-state index contributed by atoms with van der Waals surface area (Å²) in [4.78, 5) is 51.4. The van der Waals surface area contributed by atoms with Gasteiger partial charge in [0.2, 0.25) is 0 Å². The van der Waals surface area contributed by atoms with E-state index in [2.05, 4.69) is 5.32 Å². The van der Waals surface area contributed by atoms with E-state index in [1.54, 1.807) is 54.6 Å². The van der Waals surface area contributed by atoms with Crippen molar-refractivity contribution in [3.63, 3.8) is 0 Å². The maximum absolute atomic E-state index is 13.1. The number of nitrogens with one attached hydrogen (secondary N) is 1. The smallest absolute Gasteiger partial charge is 0.325 e. The van der Waals surface area contributed by atoms with Gasteiger partial charge in [0.15, 0.2) is 12.4 Å². The lowest BCUT2D eigenvalue weighted by Gasteiger charge is -2.43. The van der Waals surface area contributed by atoms with Crippen LogP contribution in [0.25, 0.3) is 0 Å². The Bertz CT molecular complexity index is 1010. The molecule has 168 valence electrons. The first-order valence-electron chi connectivity index (χ1n) is 10.4. The molecule has 0 bridgehead atoms. The number of benzene rings is 2. The molecule has 1 saturated carbocycles. The second-order valence-electron chi connectivity index (χ2n) is 7.63. The fraction of sp³-hybridized carbons (Fsp3) is 0.333. The molecule has 1 N–H and O–H groups in total. The van der Waals surface area contributed by atoms with Gasteiger partial charge in [-0.2, -0.15) is 0 Å². The number of carbonyl (C=O) groups excluding carboxylic acids is 4. The summed E-state index contributed by atoms with van der Waals surface area (Å²) in [5, 5.41) is 2.86. The van der Waals surface area contributed by atoms with Crippen molar-refractivity contribution in [2.75, 3.05) is 20.2 Å². The fourth-order valence-electron chi connectivity index (χ4n) is 3.98. The average molecular weight is 457 g/mol. The Morgan fingerprint density at radius 1 is 1.06 bits per heavy atom. The molecule has 1 fully saturated rings. The number of hydrogen-bond acceptors (Lipinski definition) is 5. The molecule has 0 heterocycles. The summed E-state index contributed by atoms with van der Waals surface area (Å²) < 4.78 is 5.06. The van der Waals surface area contributed by atoms with Crippen LogP contribution in [0.1, 0.15) is 41.6 Å². The number of nitrogens with zero attached hydrogens (tertiary/aromatic N) is 1. The van der Waals surface area contributed by atoms with Crippen LogP contribution < -0.4 is 5.32 Å². The Balaban J connectivity index is 1.64. The third-order valence-electron chi connectivity index (χ3n) is 5.71. The van der Waals surface area contributed by atoms with E-state index in [0.29, 0.717) is 29.0 Å². The normalized spacial score (nSPS) is 18.0. The van der Waals surface area contributed by atoms with Gasteiger partial charge in [-0.3, -0.25) is 19.2 Å². The summed E-state index contributed by atoms with van der Waals surface area (Å²) in [6.45, 7) is -0.921. The van der Waals surface area contributed by atoms with E-state index in [-0.39, 0.29) is 12.3 Å². The molecule has 0 spiro atoms. The molecule has 1 aliphatic carbocycles. The zero-order valence-electron chi connectivity index (χ0n) is 17.8. The Labute approximate surface area is 191 Å². The van der Waals surface area contributed by atoms with E-state index in [1.165, 1.54) is 11.9 Å². The summed E-state index contributed by atoms with van der Waals surface area (Å²) in [7, 11) is 1.53. The van der Waals surface area contributed by atoms with Crippen molar-refractivity contribution < 1.29 is 23.9 Å². The second-order valence-corrected chi connectivity index (χ2v) is 8.04. The van der Waals surface area contributed by atoms with Crippen LogP contribution in [0.5, 0.6) is 0 Å². The zero-order chi connectivity index (χ0) is 23.1. The van der Waals surface area contributed by atoms with Crippen LogP contribution >= 0.6 is 11.6 Å². The van der Waals surface area contributed by atoms with Gasteiger partial charge in [-0.1, -0.05) is 48.0 Å². The van der Waals surface area contributed by atoms with E-state index in [0.717, 1.165) is 12.8 Å². The topological polar surface area (TPSA) is 92.8 Å². The largest absolute Gasteiger partial charge is 0.454 e. The number of ketones is 1. The number of halogens is 1. The maximum Gasteiger partial charge on any atom is 0.325 e. The standard InChI is InChI=1S/C24H25ClN2O5/c1-27(24(14-8-7-13-20(24)28)18-11-5-6-12-19(18)25)21(29)16-32-22(30)15-26-23(31)17-9-3-2-4-10-17/h2-6,9-12H,7-8,13-16H2,1H3,(H,26,31). The molecular weight excluding hydrogens is 432 g/mol. The van der Waals surface area contributed by atoms with Gasteiger partial charge < -0.3 is 15.0 Å². The van der Waals surface area contributed by atoms with Gasteiger partial charge in [0.25, 0.3) is 11.8 Å². The molecule has 1 atom stereocenters. The molecule has 32 heavy (non-hydrogen) atoms. The number of rotatable bonds is 7. The summed E-state index contributed by atoms with van der Waals surface area (Å²) in [6.07, 6.45) is 2.30. The Morgan fingerprint density at radius 3 is 2.44 bits per heavy atom. The van der Waals surface area contributed by atoms with E-state index in [9.17, 15) is 19.2 Å². The minimum Gasteiger partial charge on any atom is -0.454 e. The van der Waals surface area contributed by atoms with Crippen molar-refractivity contribution in [2.45, 2.75) is 31.2 Å². The van der Waals surface area contributed by atoms with Gasteiger partial charge in [-0.25, -0.2) is 0 Å². The molecule has 3 rings (SSSR count). The predicted octanol–water partition coefficient (Wildman–Crippen LogP) is 3.11. The lowest BCUT2D eigenvalue weighted by molar-refractivity contribution is -0.157. The highest BCUT2D eigenvalue weighted by atomic mass is 35.5. The van der Waals surface area contributed by atoms with E-state index < -0.39 is 29.9 Å². The molecular formula is C24H25ClN2O5. The molecule has 8 heteroatoms. The number of Topliss-reactive ketones (excluding diaryl/α,β-unsaturated/α-hetero) is 1. The van der Waals surface area contributed by atoms with Gasteiger partial charge in [-0.15, -0.1) is 0 Å². The van der Waals surface area contributed by atoms with E-state index in [1.807, 2.05) is 0 Å². The van der Waals surface area contributed by atoms with Gasteiger partial charge >= 0.3 is 5.97 Å². The summed E-state index contributed by atoms with van der Waals surface area (Å²) in [6, 6.07) is 15.4. The first-order valence-corrected chi connectivity index (χ1v) is 10.8. The highest BCUT2D eigenvalue weighted by Crippen LogP contribution is 2.42. The molecule has 1 aliphatic rings. The number of hydrogen-bond donors (Lipinski definition) is 1. The van der Waals surface area contributed by atoms with Gasteiger partial charge in [0, 0.05) is 29.6 Å². The highest BCUT2D eigenvalue weighted by molar-refractivity contribution is 6.31. The van der Waals surface area contributed by atoms with Crippen molar-refractivity contribution >= 4 is 35.2 Å². The average Bonchev–Trinajstić information content (AvgIpc) is 2.82. The van der Waals surface area contributed by atoms with E-state index in [4.69, 9.17) is 16.3 Å². The molecule has 2 aromatic rings. The molecule has 0 radical (unpaired) electrons. The molecule has 2 amide bonds. The Hall–Kier alpha value is -3.19. The van der Waals surface area contributed by atoms with Crippen molar-refractivity contribution in [3.8, 4) is 0 Å². The lowest BCUT2D eigenvalue weighted by Crippen LogP contribution is -2.55. The number of ether oxygens (including phenoxy) is 1. The number of esters is 1. The summed E-state index contributed by atoms with van der Waals surface area (Å²) >= 11 is 6.39. The van der Waals surface area contributed by atoms with Crippen LogP contribution in [0.15, 0.2) is 54.6 Å². The SMILES string of the molecule is CN(C(=O)COC(=O)CNC(=O)c1ccccc1)C1(c2ccccc2Cl)CCCCC1=O. The van der Waals surface area contributed by atoms with Crippen LogP contribution in [0.4, 0.5) is 0 Å². The highest BCUT2D eigenvalue weighted by Gasteiger charge is 2.47. The van der Waals surface area contributed by atoms with Crippen molar-refractivity contribution in [1.29, 1.82) is 0 Å². The zero-order valence-corrected chi connectivity index (χ0v) is 18.6.